The van der Waals surface area contributed by atoms with Gasteiger partial charge >= 0.3 is 0 Å². The van der Waals surface area contributed by atoms with Crippen LogP contribution in [0.15, 0.2) is 4.99 Å². The molecule has 4 N–H and O–H groups in total. The molecule has 1 aliphatic heterocycles. The van der Waals surface area contributed by atoms with Crippen molar-refractivity contribution in [3.63, 3.8) is 0 Å². The van der Waals surface area contributed by atoms with Gasteiger partial charge in [0.25, 0.3) is 0 Å². The summed E-state index contributed by atoms with van der Waals surface area (Å²) in [6.45, 7) is 3.56. The molecule has 90 valence electrons. The molecule has 0 aromatic heterocycles. The van der Waals surface area contributed by atoms with Gasteiger partial charge in [0.1, 0.15) is 0 Å². The number of carbonyl (C=O) groups excluding carboxylic acids is 1. The summed E-state index contributed by atoms with van der Waals surface area (Å²) < 4.78 is 0. The number of aliphatic imine (C=N–C) groups is 1. The van der Waals surface area contributed by atoms with Gasteiger partial charge in [0.15, 0.2) is 5.96 Å². The number of piperazine rings is 1. The molecule has 2 aliphatic rings. The van der Waals surface area contributed by atoms with E-state index in [2.05, 4.69) is 20.5 Å². The number of hydrogen-bond donors (Lipinski definition) is 3. The Morgan fingerprint density at radius 1 is 1.62 bits per heavy atom. The minimum atomic E-state index is 0.0966. The monoisotopic (exact) mass is 225 g/mol. The van der Waals surface area contributed by atoms with Gasteiger partial charge in [0, 0.05) is 25.7 Å². The van der Waals surface area contributed by atoms with Crippen molar-refractivity contribution in [2.24, 2.45) is 10.7 Å². The van der Waals surface area contributed by atoms with Gasteiger partial charge in [-0.05, 0) is 12.8 Å². The molecule has 1 aliphatic carbocycles. The van der Waals surface area contributed by atoms with E-state index in [1.165, 1.54) is 12.8 Å². The number of amides is 1. The Bertz CT molecular complexity index is 287. The zero-order valence-corrected chi connectivity index (χ0v) is 9.41. The second-order valence-electron chi connectivity index (χ2n) is 4.31. The number of carbonyl (C=O) groups is 1. The summed E-state index contributed by atoms with van der Waals surface area (Å²) in [7, 11) is 0. The molecule has 1 amide bonds. The lowest BCUT2D eigenvalue weighted by Gasteiger charge is -2.25. The first kappa shape index (κ1) is 11.2. The second kappa shape index (κ2) is 5.16. The first-order chi connectivity index (χ1) is 7.74. The van der Waals surface area contributed by atoms with E-state index in [-0.39, 0.29) is 5.91 Å². The number of nitrogens with one attached hydrogen (secondary N) is 2. The highest BCUT2D eigenvalue weighted by molar-refractivity contribution is 5.79. The molecule has 16 heavy (non-hydrogen) atoms. The molecular weight excluding hydrogens is 206 g/mol. The topological polar surface area (TPSA) is 82.8 Å². The summed E-state index contributed by atoms with van der Waals surface area (Å²) in [5.41, 5.74) is 5.70. The van der Waals surface area contributed by atoms with Crippen LogP contribution in [0.1, 0.15) is 12.8 Å². The second-order valence-corrected chi connectivity index (χ2v) is 4.31. The molecule has 0 unspecified atom stereocenters. The highest BCUT2D eigenvalue weighted by atomic mass is 16.2. The van der Waals surface area contributed by atoms with Crippen LogP contribution in [-0.2, 0) is 4.79 Å². The summed E-state index contributed by atoms with van der Waals surface area (Å²) in [6.07, 6.45) is 2.39. The van der Waals surface area contributed by atoms with Crippen molar-refractivity contribution in [3.05, 3.63) is 0 Å². The van der Waals surface area contributed by atoms with Crippen LogP contribution in [0.5, 0.6) is 0 Å². The standard InChI is InChI=1S/C10H19N5O/c11-10(14-8-1-2-8)13-4-6-15-5-3-12-9(16)7-15/h8H,1-7H2,(H,12,16)(H3,11,13,14). The third kappa shape index (κ3) is 3.69. The van der Waals surface area contributed by atoms with Gasteiger partial charge in [-0.3, -0.25) is 14.7 Å². The zero-order valence-electron chi connectivity index (χ0n) is 9.41. The number of rotatable bonds is 4. The molecule has 0 bridgehead atoms. The average molecular weight is 225 g/mol. The van der Waals surface area contributed by atoms with Crippen LogP contribution in [-0.4, -0.2) is 55.5 Å². The van der Waals surface area contributed by atoms with Gasteiger partial charge in [0.05, 0.1) is 13.1 Å². The molecule has 1 saturated heterocycles. The van der Waals surface area contributed by atoms with Crippen molar-refractivity contribution >= 4 is 11.9 Å². The van der Waals surface area contributed by atoms with Crippen molar-refractivity contribution < 1.29 is 4.79 Å². The minimum absolute atomic E-state index is 0.0966. The summed E-state index contributed by atoms with van der Waals surface area (Å²) in [4.78, 5) is 17.4. The molecule has 0 radical (unpaired) electrons. The van der Waals surface area contributed by atoms with E-state index in [4.69, 9.17) is 5.73 Å². The molecule has 0 atom stereocenters. The van der Waals surface area contributed by atoms with Crippen LogP contribution in [0.3, 0.4) is 0 Å². The van der Waals surface area contributed by atoms with Crippen molar-refractivity contribution in [2.45, 2.75) is 18.9 Å². The van der Waals surface area contributed by atoms with Crippen molar-refractivity contribution in [3.8, 4) is 0 Å². The van der Waals surface area contributed by atoms with Gasteiger partial charge in [-0.1, -0.05) is 0 Å². The van der Waals surface area contributed by atoms with Crippen molar-refractivity contribution in [2.75, 3.05) is 32.7 Å². The minimum Gasteiger partial charge on any atom is -0.370 e. The van der Waals surface area contributed by atoms with Crippen LogP contribution in [0.2, 0.25) is 0 Å². The fourth-order valence-electron chi connectivity index (χ4n) is 1.68. The maximum atomic E-state index is 11.1. The van der Waals surface area contributed by atoms with Gasteiger partial charge < -0.3 is 16.4 Å². The summed E-state index contributed by atoms with van der Waals surface area (Å²) >= 11 is 0. The van der Waals surface area contributed by atoms with Crippen molar-refractivity contribution in [1.82, 2.24) is 15.5 Å². The van der Waals surface area contributed by atoms with E-state index in [9.17, 15) is 4.79 Å². The lowest BCUT2D eigenvalue weighted by atomic mass is 10.3. The van der Waals surface area contributed by atoms with E-state index in [1.807, 2.05) is 0 Å². The first-order valence-electron chi connectivity index (χ1n) is 5.79. The Kier molecular flexibility index (Phi) is 3.61. The Labute approximate surface area is 95.3 Å². The van der Waals surface area contributed by atoms with Gasteiger partial charge in [-0.15, -0.1) is 0 Å². The zero-order chi connectivity index (χ0) is 11.4. The SMILES string of the molecule is NC(=NCCN1CCNC(=O)C1)NC1CC1. The van der Waals surface area contributed by atoms with Crippen LogP contribution in [0.4, 0.5) is 0 Å². The summed E-state index contributed by atoms with van der Waals surface area (Å²) in [6, 6.07) is 0.546. The Balaban J connectivity index is 1.63. The van der Waals surface area contributed by atoms with Gasteiger partial charge in [-0.25, -0.2) is 0 Å². The Morgan fingerprint density at radius 3 is 3.12 bits per heavy atom. The normalized spacial score (nSPS) is 23.0. The molecule has 0 aromatic carbocycles. The van der Waals surface area contributed by atoms with E-state index in [1.54, 1.807) is 0 Å². The molecule has 0 spiro atoms. The highest BCUT2D eigenvalue weighted by Crippen LogP contribution is 2.17. The lowest BCUT2D eigenvalue weighted by molar-refractivity contribution is -0.124. The molecule has 6 nitrogen and oxygen atoms in total. The molecule has 6 heteroatoms. The Morgan fingerprint density at radius 2 is 2.44 bits per heavy atom. The summed E-state index contributed by atoms with van der Waals surface area (Å²) in [5, 5.41) is 5.92. The smallest absolute Gasteiger partial charge is 0.234 e. The maximum Gasteiger partial charge on any atom is 0.234 e. The van der Waals surface area contributed by atoms with E-state index in [0.717, 1.165) is 19.6 Å². The molecular formula is C10H19N5O. The van der Waals surface area contributed by atoms with Gasteiger partial charge in [0.2, 0.25) is 5.91 Å². The molecule has 0 aromatic rings. The average Bonchev–Trinajstić information content (AvgIpc) is 3.02. The molecule has 2 rings (SSSR count). The quantitative estimate of drug-likeness (QED) is 0.401. The maximum absolute atomic E-state index is 11.1. The molecule has 1 saturated carbocycles. The lowest BCUT2D eigenvalue weighted by Crippen LogP contribution is -2.48. The number of guanidine groups is 1. The van der Waals surface area contributed by atoms with Crippen LogP contribution < -0.4 is 16.4 Å². The fourth-order valence-corrected chi connectivity index (χ4v) is 1.68. The number of nitrogens with two attached hydrogens (primary N) is 1. The summed E-state index contributed by atoms with van der Waals surface area (Å²) in [5.74, 6) is 0.628. The van der Waals surface area contributed by atoms with Crippen molar-refractivity contribution in [1.29, 1.82) is 0 Å². The molecule has 2 fully saturated rings. The number of nitrogens with zero attached hydrogens (tertiary/aromatic N) is 2. The predicted molar refractivity (Wildman–Crippen MR) is 62.1 cm³/mol. The predicted octanol–water partition coefficient (Wildman–Crippen LogP) is -1.52. The van der Waals surface area contributed by atoms with Crippen LogP contribution in [0, 0.1) is 0 Å². The third-order valence-corrected chi connectivity index (χ3v) is 2.75. The van der Waals surface area contributed by atoms with Crippen LogP contribution >= 0.6 is 0 Å². The fraction of sp³-hybridized carbons (Fsp3) is 0.800. The largest absolute Gasteiger partial charge is 0.370 e. The highest BCUT2D eigenvalue weighted by Gasteiger charge is 2.21. The first-order valence-corrected chi connectivity index (χ1v) is 5.79. The third-order valence-electron chi connectivity index (χ3n) is 2.75. The van der Waals surface area contributed by atoms with E-state index >= 15 is 0 Å². The Hall–Kier alpha value is -1.30. The van der Waals surface area contributed by atoms with Crippen LogP contribution in [0.25, 0.3) is 0 Å². The molecule has 1 heterocycles. The van der Waals surface area contributed by atoms with E-state index < -0.39 is 0 Å². The van der Waals surface area contributed by atoms with E-state index in [0.29, 0.717) is 25.1 Å². The number of hydrogen-bond acceptors (Lipinski definition) is 3. The van der Waals surface area contributed by atoms with Gasteiger partial charge in [-0.2, -0.15) is 0 Å².